The second-order valence-electron chi connectivity index (χ2n) is 10.6. The van der Waals surface area contributed by atoms with Crippen LogP contribution in [0.3, 0.4) is 0 Å². The number of carbonyl (C=O) groups is 3. The van der Waals surface area contributed by atoms with Crippen LogP contribution in [0, 0.1) is 6.92 Å². The van der Waals surface area contributed by atoms with Crippen molar-refractivity contribution in [2.75, 3.05) is 26.7 Å². The minimum atomic E-state index is -0.698. The van der Waals surface area contributed by atoms with Crippen molar-refractivity contribution >= 4 is 35.2 Å². The molecular formula is C29H34ClN7O5. The maximum Gasteiger partial charge on any atom is 0.407 e. The van der Waals surface area contributed by atoms with Gasteiger partial charge in [0.25, 0.3) is 0 Å². The van der Waals surface area contributed by atoms with Gasteiger partial charge >= 0.3 is 6.09 Å². The van der Waals surface area contributed by atoms with E-state index in [1.807, 2.05) is 41.8 Å². The Kier molecular flexibility index (Phi) is 9.46. The first kappa shape index (κ1) is 30.5. The molecule has 0 aliphatic carbocycles. The van der Waals surface area contributed by atoms with Gasteiger partial charge in [-0.25, -0.2) is 4.79 Å². The van der Waals surface area contributed by atoms with Gasteiger partial charge in [-0.15, -0.1) is 10.2 Å². The first-order valence-electron chi connectivity index (χ1n) is 13.4. The number of methoxy groups -OCH3 is 1. The van der Waals surface area contributed by atoms with Gasteiger partial charge in [0.2, 0.25) is 11.8 Å². The summed E-state index contributed by atoms with van der Waals surface area (Å²) in [6.45, 7) is 7.23. The van der Waals surface area contributed by atoms with Crippen molar-refractivity contribution < 1.29 is 23.9 Å². The number of carbonyl (C=O) groups excluding carboxylic acids is 3. The minimum Gasteiger partial charge on any atom is -0.497 e. The monoisotopic (exact) mass is 595 g/mol. The Balaban J connectivity index is 1.48. The third-order valence-corrected chi connectivity index (χ3v) is 6.44. The highest BCUT2D eigenvalue weighted by molar-refractivity contribution is 6.30. The van der Waals surface area contributed by atoms with Crippen molar-refractivity contribution in [2.24, 2.45) is 4.99 Å². The lowest BCUT2D eigenvalue weighted by Gasteiger charge is -2.19. The molecule has 1 atom stereocenters. The Morgan fingerprint density at radius 2 is 1.69 bits per heavy atom. The van der Waals surface area contributed by atoms with Crippen molar-refractivity contribution in [3.63, 3.8) is 0 Å². The summed E-state index contributed by atoms with van der Waals surface area (Å²) in [5.41, 5.74) is 2.40. The first-order chi connectivity index (χ1) is 19.9. The molecule has 4 rings (SSSR count). The summed E-state index contributed by atoms with van der Waals surface area (Å²) in [5.74, 6) is 0.978. The Hall–Kier alpha value is -4.45. The smallest absolute Gasteiger partial charge is 0.407 e. The lowest BCUT2D eigenvalue weighted by Crippen LogP contribution is -2.41. The molecule has 0 fully saturated rings. The summed E-state index contributed by atoms with van der Waals surface area (Å²) in [6, 6.07) is 12.2. The van der Waals surface area contributed by atoms with Crippen molar-refractivity contribution in [1.29, 1.82) is 0 Å². The number of alkyl carbamates (subject to hydrolysis) is 1. The van der Waals surface area contributed by atoms with E-state index in [1.54, 1.807) is 40.0 Å². The molecule has 3 aromatic rings. The molecule has 0 radical (unpaired) electrons. The SMILES string of the molecule is COc1ccc2c(c1)C(c1ccc(Cl)cc1)=N[C@@H](CC(=O)NCC(=O)NCCNC(=O)OC(C)(C)C)c1nnc(C)n1-2. The van der Waals surface area contributed by atoms with E-state index in [0.717, 1.165) is 16.8 Å². The fourth-order valence-electron chi connectivity index (χ4n) is 4.35. The van der Waals surface area contributed by atoms with Crippen LogP contribution in [0.1, 0.15) is 56.0 Å². The number of aliphatic imine (C=N–C) groups is 1. The van der Waals surface area contributed by atoms with E-state index in [9.17, 15) is 14.4 Å². The van der Waals surface area contributed by atoms with Gasteiger partial charge in [-0.05, 0) is 58.0 Å². The van der Waals surface area contributed by atoms with Crippen LogP contribution in [0.4, 0.5) is 4.79 Å². The zero-order chi connectivity index (χ0) is 30.4. The van der Waals surface area contributed by atoms with Crippen LogP contribution in [0.15, 0.2) is 47.5 Å². The van der Waals surface area contributed by atoms with Crippen LogP contribution < -0.4 is 20.7 Å². The maximum absolute atomic E-state index is 13.0. The van der Waals surface area contributed by atoms with E-state index in [2.05, 4.69) is 26.1 Å². The molecule has 2 aromatic carbocycles. The van der Waals surface area contributed by atoms with Gasteiger partial charge in [-0.1, -0.05) is 23.7 Å². The number of rotatable bonds is 9. The largest absolute Gasteiger partial charge is 0.497 e. The number of benzene rings is 2. The molecule has 0 unspecified atom stereocenters. The molecule has 0 spiro atoms. The van der Waals surface area contributed by atoms with Gasteiger partial charge < -0.3 is 25.4 Å². The Morgan fingerprint density at radius 3 is 2.38 bits per heavy atom. The quantitative estimate of drug-likeness (QED) is 0.321. The zero-order valence-corrected chi connectivity index (χ0v) is 24.9. The third-order valence-electron chi connectivity index (χ3n) is 6.19. The number of amides is 3. The molecule has 3 amide bonds. The molecule has 13 heteroatoms. The second kappa shape index (κ2) is 13.0. The molecule has 222 valence electrons. The predicted molar refractivity (Wildman–Crippen MR) is 157 cm³/mol. The molecule has 1 aliphatic heterocycles. The van der Waals surface area contributed by atoms with E-state index in [0.29, 0.717) is 28.1 Å². The van der Waals surface area contributed by atoms with Gasteiger partial charge in [0.15, 0.2) is 5.82 Å². The molecule has 0 bridgehead atoms. The predicted octanol–water partition coefficient (Wildman–Crippen LogP) is 3.28. The third kappa shape index (κ3) is 7.64. The van der Waals surface area contributed by atoms with Crippen LogP contribution in [0.25, 0.3) is 5.69 Å². The average molecular weight is 596 g/mol. The number of halogens is 1. The number of hydrogen-bond acceptors (Lipinski definition) is 8. The van der Waals surface area contributed by atoms with Crippen LogP contribution in [0.2, 0.25) is 5.02 Å². The lowest BCUT2D eigenvalue weighted by molar-refractivity contribution is -0.126. The first-order valence-corrected chi connectivity index (χ1v) is 13.8. The van der Waals surface area contributed by atoms with E-state index in [4.69, 9.17) is 26.1 Å². The summed E-state index contributed by atoms with van der Waals surface area (Å²) in [7, 11) is 1.59. The highest BCUT2D eigenvalue weighted by Crippen LogP contribution is 2.34. The van der Waals surface area contributed by atoms with E-state index in [-0.39, 0.29) is 26.1 Å². The number of aromatic nitrogens is 3. The van der Waals surface area contributed by atoms with E-state index in [1.165, 1.54) is 0 Å². The topological polar surface area (TPSA) is 149 Å². The van der Waals surface area contributed by atoms with Gasteiger partial charge in [0.05, 0.1) is 31.5 Å². The molecule has 3 N–H and O–H groups in total. The van der Waals surface area contributed by atoms with Crippen LogP contribution in [0.5, 0.6) is 5.75 Å². The number of nitrogens with one attached hydrogen (secondary N) is 3. The van der Waals surface area contributed by atoms with Crippen molar-refractivity contribution in [3.8, 4) is 11.4 Å². The zero-order valence-electron chi connectivity index (χ0n) is 24.2. The summed E-state index contributed by atoms with van der Waals surface area (Å²) in [4.78, 5) is 42.0. The van der Waals surface area contributed by atoms with Gasteiger partial charge in [0, 0.05) is 29.2 Å². The van der Waals surface area contributed by atoms with Crippen molar-refractivity contribution in [2.45, 2.75) is 45.8 Å². The summed E-state index contributed by atoms with van der Waals surface area (Å²) >= 11 is 6.15. The fourth-order valence-corrected chi connectivity index (χ4v) is 4.47. The van der Waals surface area contributed by atoms with Gasteiger partial charge in [-0.3, -0.25) is 19.1 Å². The molecule has 2 heterocycles. The molecule has 0 saturated carbocycles. The minimum absolute atomic E-state index is 0.0756. The molecule has 12 nitrogen and oxygen atoms in total. The number of fused-ring (bicyclic) bond motifs is 3. The van der Waals surface area contributed by atoms with Gasteiger partial charge in [-0.2, -0.15) is 0 Å². The number of nitrogens with zero attached hydrogens (tertiary/aromatic N) is 4. The number of hydrogen-bond donors (Lipinski definition) is 3. The molecule has 1 aliphatic rings. The summed E-state index contributed by atoms with van der Waals surface area (Å²) in [5, 5.41) is 17.1. The standard InChI is InChI=1S/C29H34ClN7O5/c1-17-35-36-27-22(15-24(38)33-16-25(39)31-12-13-32-28(40)42-29(2,3)4)34-26(18-6-8-19(30)9-7-18)21-14-20(41-5)10-11-23(21)37(17)27/h6-11,14,22H,12-13,15-16H2,1-5H3,(H,31,39)(H,32,40)(H,33,38)/t22-/m0/s1. The van der Waals surface area contributed by atoms with E-state index >= 15 is 0 Å². The lowest BCUT2D eigenvalue weighted by atomic mass is 10.00. The van der Waals surface area contributed by atoms with E-state index < -0.39 is 29.6 Å². The normalized spacial score (nSPS) is 14.0. The fraction of sp³-hybridized carbons (Fsp3) is 0.379. The average Bonchev–Trinajstić information content (AvgIpc) is 3.26. The Bertz CT molecular complexity index is 1490. The van der Waals surface area contributed by atoms with Crippen molar-refractivity contribution in [3.05, 3.63) is 70.3 Å². The van der Waals surface area contributed by atoms with Crippen LogP contribution in [-0.4, -0.2) is 70.7 Å². The van der Waals surface area contributed by atoms with Gasteiger partial charge in [0.1, 0.15) is 23.2 Å². The Labute approximate surface area is 248 Å². The maximum atomic E-state index is 13.0. The van der Waals surface area contributed by atoms with Crippen LogP contribution >= 0.6 is 11.6 Å². The second-order valence-corrected chi connectivity index (χ2v) is 11.0. The van der Waals surface area contributed by atoms with Crippen molar-refractivity contribution in [1.82, 2.24) is 30.7 Å². The molecule has 42 heavy (non-hydrogen) atoms. The highest BCUT2D eigenvalue weighted by atomic mass is 35.5. The highest BCUT2D eigenvalue weighted by Gasteiger charge is 2.30. The number of ether oxygens (including phenoxy) is 2. The molecule has 0 saturated heterocycles. The molecule has 1 aromatic heterocycles. The molecular weight excluding hydrogens is 562 g/mol. The van der Waals surface area contributed by atoms with Crippen LogP contribution in [-0.2, 0) is 14.3 Å². The summed E-state index contributed by atoms with van der Waals surface area (Å²) < 4.78 is 12.5. The summed E-state index contributed by atoms with van der Waals surface area (Å²) in [6.07, 6.45) is -0.649. The number of aryl methyl sites for hydroxylation is 1. The Morgan fingerprint density at radius 1 is 0.976 bits per heavy atom.